The third-order valence-electron chi connectivity index (χ3n) is 6.61. The summed E-state index contributed by atoms with van der Waals surface area (Å²) >= 11 is 0. The lowest BCUT2D eigenvalue weighted by Gasteiger charge is -2.41. The maximum Gasteiger partial charge on any atom is 0.239 e. The summed E-state index contributed by atoms with van der Waals surface area (Å²) in [6, 6.07) is 8.51. The highest BCUT2D eigenvalue weighted by Crippen LogP contribution is 2.21. The van der Waals surface area contributed by atoms with Crippen LogP contribution in [-0.2, 0) is 22.5 Å². The quantitative estimate of drug-likeness (QED) is 0.811. The summed E-state index contributed by atoms with van der Waals surface area (Å²) in [5.41, 5.74) is 2.71. The zero-order valence-electron chi connectivity index (χ0n) is 16.6. The van der Waals surface area contributed by atoms with Crippen molar-refractivity contribution in [3.63, 3.8) is 0 Å². The van der Waals surface area contributed by atoms with E-state index in [0.717, 1.165) is 64.8 Å². The zero-order chi connectivity index (χ0) is 18.6. The molecule has 1 aromatic carbocycles. The SMILES string of the molecule is CC(C(=O)N1CCc2ccccc2C1)N1CCN(CC2CCOCC2)CC1. The summed E-state index contributed by atoms with van der Waals surface area (Å²) in [6.07, 6.45) is 3.38. The Morgan fingerprint density at radius 2 is 1.78 bits per heavy atom. The van der Waals surface area contributed by atoms with E-state index < -0.39 is 0 Å². The van der Waals surface area contributed by atoms with Crippen molar-refractivity contribution in [2.45, 2.75) is 38.8 Å². The van der Waals surface area contributed by atoms with Crippen LogP contribution in [0.2, 0.25) is 0 Å². The molecule has 1 atom stereocenters. The number of nitrogens with zero attached hydrogens (tertiary/aromatic N) is 3. The van der Waals surface area contributed by atoms with Gasteiger partial charge in [-0.05, 0) is 43.2 Å². The molecule has 0 bridgehead atoms. The molecule has 3 aliphatic heterocycles. The van der Waals surface area contributed by atoms with Crippen molar-refractivity contribution >= 4 is 5.91 Å². The molecule has 3 heterocycles. The molecule has 2 saturated heterocycles. The first-order chi connectivity index (χ1) is 13.2. The van der Waals surface area contributed by atoms with Crippen molar-refractivity contribution in [3.05, 3.63) is 35.4 Å². The molecule has 0 saturated carbocycles. The summed E-state index contributed by atoms with van der Waals surface area (Å²) in [4.78, 5) is 20.1. The van der Waals surface area contributed by atoms with E-state index in [2.05, 4.69) is 45.9 Å². The molecule has 0 spiro atoms. The van der Waals surface area contributed by atoms with Crippen LogP contribution >= 0.6 is 0 Å². The lowest BCUT2D eigenvalue weighted by Crippen LogP contribution is -2.55. The number of piperazine rings is 1. The Morgan fingerprint density at radius 1 is 1.07 bits per heavy atom. The molecule has 148 valence electrons. The Balaban J connectivity index is 1.26. The van der Waals surface area contributed by atoms with Gasteiger partial charge in [-0.25, -0.2) is 0 Å². The predicted molar refractivity (Wildman–Crippen MR) is 107 cm³/mol. The molecule has 1 unspecified atom stereocenters. The molecule has 27 heavy (non-hydrogen) atoms. The van der Waals surface area contributed by atoms with Crippen LogP contribution in [0.3, 0.4) is 0 Å². The zero-order valence-corrected chi connectivity index (χ0v) is 16.6. The van der Waals surface area contributed by atoms with Gasteiger partial charge in [0.1, 0.15) is 0 Å². The fourth-order valence-electron chi connectivity index (χ4n) is 4.73. The minimum Gasteiger partial charge on any atom is -0.381 e. The van der Waals surface area contributed by atoms with Crippen LogP contribution in [0.1, 0.15) is 30.9 Å². The molecule has 5 nitrogen and oxygen atoms in total. The molecular weight excluding hydrogens is 338 g/mol. The lowest BCUT2D eigenvalue weighted by molar-refractivity contribution is -0.138. The van der Waals surface area contributed by atoms with Gasteiger partial charge in [0.05, 0.1) is 6.04 Å². The number of carbonyl (C=O) groups is 1. The minimum absolute atomic E-state index is 0.0134. The van der Waals surface area contributed by atoms with E-state index in [9.17, 15) is 4.79 Å². The largest absolute Gasteiger partial charge is 0.381 e. The molecule has 1 aromatic rings. The van der Waals surface area contributed by atoms with E-state index >= 15 is 0 Å². The number of rotatable bonds is 4. The maximum atomic E-state index is 13.1. The van der Waals surface area contributed by atoms with E-state index in [4.69, 9.17) is 4.74 Å². The van der Waals surface area contributed by atoms with Gasteiger partial charge in [-0.2, -0.15) is 0 Å². The second kappa shape index (κ2) is 8.72. The third-order valence-corrected chi connectivity index (χ3v) is 6.61. The molecule has 3 aliphatic rings. The predicted octanol–water partition coefficient (Wildman–Crippen LogP) is 2.00. The number of hydrogen-bond donors (Lipinski definition) is 0. The molecular formula is C22H33N3O2. The number of ether oxygens (including phenoxy) is 1. The Labute approximate surface area is 163 Å². The summed E-state index contributed by atoms with van der Waals surface area (Å²) in [6.45, 7) is 10.9. The molecule has 5 heteroatoms. The van der Waals surface area contributed by atoms with Gasteiger partial charge < -0.3 is 14.5 Å². The van der Waals surface area contributed by atoms with Crippen LogP contribution in [0.15, 0.2) is 24.3 Å². The van der Waals surface area contributed by atoms with E-state index in [0.29, 0.717) is 5.91 Å². The van der Waals surface area contributed by atoms with Crippen molar-refractivity contribution < 1.29 is 9.53 Å². The molecule has 4 rings (SSSR count). The first kappa shape index (κ1) is 18.9. The normalized spacial score (nSPS) is 23.8. The van der Waals surface area contributed by atoms with Crippen LogP contribution < -0.4 is 0 Å². The van der Waals surface area contributed by atoms with Gasteiger partial charge >= 0.3 is 0 Å². The highest BCUT2D eigenvalue weighted by molar-refractivity contribution is 5.81. The Morgan fingerprint density at radius 3 is 2.52 bits per heavy atom. The van der Waals surface area contributed by atoms with Gasteiger partial charge in [-0.15, -0.1) is 0 Å². The van der Waals surface area contributed by atoms with E-state index in [1.54, 1.807) is 0 Å². The molecule has 0 radical (unpaired) electrons. The van der Waals surface area contributed by atoms with Crippen molar-refractivity contribution in [1.29, 1.82) is 0 Å². The highest BCUT2D eigenvalue weighted by atomic mass is 16.5. The molecule has 1 amide bonds. The average Bonchev–Trinajstić information content (AvgIpc) is 2.73. The van der Waals surface area contributed by atoms with Gasteiger partial charge in [-0.3, -0.25) is 9.69 Å². The van der Waals surface area contributed by atoms with E-state index in [-0.39, 0.29) is 6.04 Å². The maximum absolute atomic E-state index is 13.1. The van der Waals surface area contributed by atoms with Gasteiger partial charge in [0.2, 0.25) is 5.91 Å². The Hall–Kier alpha value is -1.43. The molecule has 2 fully saturated rings. The van der Waals surface area contributed by atoms with Crippen LogP contribution in [0, 0.1) is 5.92 Å². The topological polar surface area (TPSA) is 36.0 Å². The van der Waals surface area contributed by atoms with Crippen molar-refractivity contribution in [2.24, 2.45) is 5.92 Å². The van der Waals surface area contributed by atoms with Crippen LogP contribution in [0.25, 0.3) is 0 Å². The van der Waals surface area contributed by atoms with Crippen LogP contribution in [0.4, 0.5) is 0 Å². The molecule has 0 aliphatic carbocycles. The van der Waals surface area contributed by atoms with E-state index in [1.807, 2.05) is 0 Å². The van der Waals surface area contributed by atoms with Gasteiger partial charge in [0.15, 0.2) is 0 Å². The lowest BCUT2D eigenvalue weighted by atomic mass is 9.99. The van der Waals surface area contributed by atoms with E-state index in [1.165, 1.54) is 30.5 Å². The Bertz CT molecular complexity index is 636. The summed E-state index contributed by atoms with van der Waals surface area (Å²) in [7, 11) is 0. The molecule has 0 N–H and O–H groups in total. The Kier molecular flexibility index (Phi) is 6.11. The fourth-order valence-corrected chi connectivity index (χ4v) is 4.73. The monoisotopic (exact) mass is 371 g/mol. The van der Waals surface area contributed by atoms with Gasteiger partial charge in [-0.1, -0.05) is 24.3 Å². The molecule has 0 aromatic heterocycles. The second-order valence-electron chi connectivity index (χ2n) is 8.35. The summed E-state index contributed by atoms with van der Waals surface area (Å²) in [5, 5.41) is 0. The number of fused-ring (bicyclic) bond motifs is 1. The number of carbonyl (C=O) groups excluding carboxylic acids is 1. The first-order valence-electron chi connectivity index (χ1n) is 10.6. The van der Waals surface area contributed by atoms with Gasteiger partial charge in [0, 0.05) is 59.0 Å². The first-order valence-corrected chi connectivity index (χ1v) is 10.6. The second-order valence-corrected chi connectivity index (χ2v) is 8.35. The van der Waals surface area contributed by atoms with Gasteiger partial charge in [0.25, 0.3) is 0 Å². The third kappa shape index (κ3) is 4.53. The minimum atomic E-state index is -0.0134. The smallest absolute Gasteiger partial charge is 0.239 e. The number of amides is 1. The van der Waals surface area contributed by atoms with Crippen molar-refractivity contribution in [2.75, 3.05) is 52.5 Å². The fraction of sp³-hybridized carbons (Fsp3) is 0.682. The van der Waals surface area contributed by atoms with Crippen molar-refractivity contribution in [1.82, 2.24) is 14.7 Å². The average molecular weight is 372 g/mol. The highest BCUT2D eigenvalue weighted by Gasteiger charge is 2.31. The number of benzene rings is 1. The standard InChI is InChI=1S/C22H33N3O2/c1-18(22(26)25-9-6-20-4-2-3-5-21(20)17-25)24-12-10-23(11-13-24)16-19-7-14-27-15-8-19/h2-5,18-19H,6-17H2,1H3. The number of hydrogen-bond acceptors (Lipinski definition) is 4. The summed E-state index contributed by atoms with van der Waals surface area (Å²) < 4.78 is 5.47. The van der Waals surface area contributed by atoms with Crippen LogP contribution in [-0.4, -0.2) is 79.1 Å². The summed E-state index contributed by atoms with van der Waals surface area (Å²) in [5.74, 6) is 1.08. The van der Waals surface area contributed by atoms with Crippen LogP contribution in [0.5, 0.6) is 0 Å². The van der Waals surface area contributed by atoms with Crippen molar-refractivity contribution in [3.8, 4) is 0 Å².